The van der Waals surface area contributed by atoms with E-state index < -0.39 is 0 Å². The van der Waals surface area contributed by atoms with Gasteiger partial charge < -0.3 is 9.47 Å². The summed E-state index contributed by atoms with van der Waals surface area (Å²) in [5.74, 6) is 2.42. The van der Waals surface area contributed by atoms with Crippen molar-refractivity contribution < 1.29 is 9.47 Å². The molecule has 0 bridgehead atoms. The Morgan fingerprint density at radius 3 is 2.52 bits per heavy atom. The molecule has 0 saturated carbocycles. The van der Waals surface area contributed by atoms with Gasteiger partial charge in [-0.1, -0.05) is 55.4 Å². The van der Waals surface area contributed by atoms with E-state index in [2.05, 4.69) is 60.3 Å². The standard InChI is InChI=1S/C22H26N4O2S/c1-15(2)21-24-25-22(29-5)26(21)23-13-18-10-11-19(27-4)20(12-18)28-14-17-8-6-16(3)7-9-17/h6-13,15H,14H2,1-5H3/b23-13-. The van der Waals surface area contributed by atoms with Crippen molar-refractivity contribution >= 4 is 18.0 Å². The Hall–Kier alpha value is -2.80. The molecule has 3 rings (SSSR count). The maximum absolute atomic E-state index is 6.02. The van der Waals surface area contributed by atoms with Crippen molar-refractivity contribution in [2.75, 3.05) is 13.4 Å². The minimum atomic E-state index is 0.227. The lowest BCUT2D eigenvalue weighted by Crippen LogP contribution is -2.02. The molecule has 3 aromatic rings. The fourth-order valence-electron chi connectivity index (χ4n) is 2.73. The average Bonchev–Trinajstić information content (AvgIpc) is 3.15. The molecule has 0 aliphatic heterocycles. The van der Waals surface area contributed by atoms with Gasteiger partial charge in [0, 0.05) is 5.92 Å². The van der Waals surface area contributed by atoms with Gasteiger partial charge in [0.2, 0.25) is 5.16 Å². The van der Waals surface area contributed by atoms with Gasteiger partial charge in [0.1, 0.15) is 6.61 Å². The molecule has 0 radical (unpaired) electrons. The summed E-state index contributed by atoms with van der Waals surface area (Å²) in [5, 5.41) is 13.8. The molecule has 0 unspecified atom stereocenters. The molecule has 7 heteroatoms. The fourth-order valence-corrected chi connectivity index (χ4v) is 3.16. The summed E-state index contributed by atoms with van der Waals surface area (Å²) in [6.07, 6.45) is 3.75. The number of rotatable bonds is 8. The summed E-state index contributed by atoms with van der Waals surface area (Å²) in [6, 6.07) is 14.0. The Morgan fingerprint density at radius 2 is 1.86 bits per heavy atom. The van der Waals surface area contributed by atoms with Gasteiger partial charge in [0.05, 0.1) is 13.3 Å². The second kappa shape index (κ2) is 9.60. The summed E-state index contributed by atoms with van der Waals surface area (Å²) in [4.78, 5) is 0. The van der Waals surface area contributed by atoms with Gasteiger partial charge in [-0.25, -0.2) is 0 Å². The Balaban J connectivity index is 1.82. The first-order valence-corrected chi connectivity index (χ1v) is 10.6. The van der Waals surface area contributed by atoms with Crippen LogP contribution in [0.25, 0.3) is 0 Å². The van der Waals surface area contributed by atoms with Crippen molar-refractivity contribution in [2.45, 2.75) is 38.5 Å². The molecule has 2 aromatic carbocycles. The molecule has 1 aromatic heterocycles. The molecule has 0 amide bonds. The summed E-state index contributed by atoms with van der Waals surface area (Å²) >= 11 is 1.52. The molecule has 0 spiro atoms. The molecule has 0 aliphatic carbocycles. The van der Waals surface area contributed by atoms with Gasteiger partial charge in [0.15, 0.2) is 17.3 Å². The van der Waals surface area contributed by atoms with Crippen LogP contribution in [0.1, 0.15) is 42.3 Å². The number of thioether (sulfide) groups is 1. The van der Waals surface area contributed by atoms with Crippen molar-refractivity contribution in [3.8, 4) is 11.5 Å². The number of aryl methyl sites for hydroxylation is 1. The van der Waals surface area contributed by atoms with E-state index >= 15 is 0 Å². The van der Waals surface area contributed by atoms with Crippen LogP contribution in [0.4, 0.5) is 0 Å². The quantitative estimate of drug-likeness (QED) is 0.390. The van der Waals surface area contributed by atoms with Crippen LogP contribution in [-0.4, -0.2) is 34.5 Å². The highest BCUT2D eigenvalue weighted by Gasteiger charge is 2.13. The third-order valence-corrected chi connectivity index (χ3v) is 4.98. The van der Waals surface area contributed by atoms with Crippen LogP contribution >= 0.6 is 11.8 Å². The monoisotopic (exact) mass is 410 g/mol. The number of aromatic nitrogens is 3. The van der Waals surface area contributed by atoms with Crippen LogP contribution in [0.15, 0.2) is 52.7 Å². The van der Waals surface area contributed by atoms with Crippen LogP contribution < -0.4 is 9.47 Å². The van der Waals surface area contributed by atoms with E-state index in [9.17, 15) is 0 Å². The predicted octanol–water partition coefficient (Wildman–Crippen LogP) is 4.90. The third-order valence-electron chi connectivity index (χ3n) is 4.36. The van der Waals surface area contributed by atoms with E-state index in [1.165, 1.54) is 17.3 Å². The van der Waals surface area contributed by atoms with Crippen LogP contribution in [0.2, 0.25) is 0 Å². The molecule has 29 heavy (non-hydrogen) atoms. The largest absolute Gasteiger partial charge is 0.493 e. The third kappa shape index (κ3) is 5.17. The Labute approximate surface area is 176 Å². The summed E-state index contributed by atoms with van der Waals surface area (Å²) in [5.41, 5.74) is 3.23. The van der Waals surface area contributed by atoms with Crippen LogP contribution in [0.3, 0.4) is 0 Å². The lowest BCUT2D eigenvalue weighted by atomic mass is 10.1. The molecule has 152 valence electrons. The Bertz CT molecular complexity index is 981. The van der Waals surface area contributed by atoms with Crippen LogP contribution in [0.5, 0.6) is 11.5 Å². The minimum Gasteiger partial charge on any atom is -0.493 e. The second-order valence-electron chi connectivity index (χ2n) is 6.94. The smallest absolute Gasteiger partial charge is 0.211 e. The number of hydrogen-bond acceptors (Lipinski definition) is 6. The summed E-state index contributed by atoms with van der Waals surface area (Å²) in [6.45, 7) is 6.69. The lowest BCUT2D eigenvalue weighted by molar-refractivity contribution is 0.284. The predicted molar refractivity (Wildman–Crippen MR) is 117 cm³/mol. The highest BCUT2D eigenvalue weighted by atomic mass is 32.2. The number of benzene rings is 2. The van der Waals surface area contributed by atoms with Crippen molar-refractivity contribution in [3.63, 3.8) is 0 Å². The highest BCUT2D eigenvalue weighted by Crippen LogP contribution is 2.28. The molecular weight excluding hydrogens is 384 g/mol. The SMILES string of the molecule is COc1ccc(/C=N\n2c(SC)nnc2C(C)C)cc1OCc1ccc(C)cc1. The number of nitrogens with zero attached hydrogens (tertiary/aromatic N) is 4. The van der Waals surface area contributed by atoms with Gasteiger partial charge in [-0.3, -0.25) is 0 Å². The molecule has 6 nitrogen and oxygen atoms in total. The molecule has 1 heterocycles. The molecule has 0 saturated heterocycles. The molecular formula is C22H26N4O2S. The van der Waals surface area contributed by atoms with E-state index in [0.29, 0.717) is 18.1 Å². The first kappa shape index (κ1) is 20.9. The highest BCUT2D eigenvalue weighted by molar-refractivity contribution is 7.98. The Kier molecular flexibility index (Phi) is 6.93. The summed E-state index contributed by atoms with van der Waals surface area (Å²) in [7, 11) is 1.64. The van der Waals surface area contributed by atoms with Gasteiger partial charge >= 0.3 is 0 Å². The zero-order valence-electron chi connectivity index (χ0n) is 17.4. The van der Waals surface area contributed by atoms with Crippen molar-refractivity contribution in [3.05, 3.63) is 65.0 Å². The topological polar surface area (TPSA) is 61.5 Å². The first-order valence-electron chi connectivity index (χ1n) is 9.42. The zero-order chi connectivity index (χ0) is 20.8. The molecule has 0 aliphatic rings. The van der Waals surface area contributed by atoms with Crippen molar-refractivity contribution in [1.82, 2.24) is 14.9 Å². The van der Waals surface area contributed by atoms with E-state index in [1.807, 2.05) is 24.5 Å². The lowest BCUT2D eigenvalue weighted by Gasteiger charge is -2.12. The molecule has 0 atom stereocenters. The fraction of sp³-hybridized carbons (Fsp3) is 0.318. The summed E-state index contributed by atoms with van der Waals surface area (Å²) < 4.78 is 13.2. The van der Waals surface area contributed by atoms with Gasteiger partial charge in [-0.2, -0.15) is 9.78 Å². The van der Waals surface area contributed by atoms with Gasteiger partial charge in [-0.15, -0.1) is 10.2 Å². The number of methoxy groups -OCH3 is 1. The van der Waals surface area contributed by atoms with Crippen molar-refractivity contribution in [1.29, 1.82) is 0 Å². The van der Waals surface area contributed by atoms with Crippen molar-refractivity contribution in [2.24, 2.45) is 5.10 Å². The van der Waals surface area contributed by atoms with E-state index in [0.717, 1.165) is 22.1 Å². The van der Waals surface area contributed by atoms with E-state index in [4.69, 9.17) is 9.47 Å². The molecule has 0 fully saturated rings. The molecule has 0 N–H and O–H groups in total. The number of ether oxygens (including phenoxy) is 2. The van der Waals surface area contributed by atoms with Gasteiger partial charge in [0.25, 0.3) is 0 Å². The zero-order valence-corrected chi connectivity index (χ0v) is 18.2. The van der Waals surface area contributed by atoms with Crippen LogP contribution in [-0.2, 0) is 6.61 Å². The normalized spacial score (nSPS) is 11.4. The van der Waals surface area contributed by atoms with E-state index in [-0.39, 0.29) is 5.92 Å². The Morgan fingerprint density at radius 1 is 1.10 bits per heavy atom. The minimum absolute atomic E-state index is 0.227. The second-order valence-corrected chi connectivity index (χ2v) is 7.71. The first-order chi connectivity index (χ1) is 14.0. The maximum atomic E-state index is 6.02. The average molecular weight is 411 g/mol. The van der Waals surface area contributed by atoms with Crippen LogP contribution in [0, 0.1) is 6.92 Å². The number of hydrogen-bond donors (Lipinski definition) is 0. The van der Waals surface area contributed by atoms with Gasteiger partial charge in [-0.05, 0) is 42.5 Å². The van der Waals surface area contributed by atoms with E-state index in [1.54, 1.807) is 18.0 Å². The maximum Gasteiger partial charge on any atom is 0.211 e.